The van der Waals surface area contributed by atoms with Crippen molar-refractivity contribution >= 4 is 21.5 Å². The molecule has 0 aliphatic rings. The maximum Gasteiger partial charge on any atom is 0.0917 e. The second kappa shape index (κ2) is 16.3. The van der Waals surface area contributed by atoms with Gasteiger partial charge in [0.2, 0.25) is 0 Å². The van der Waals surface area contributed by atoms with Crippen molar-refractivity contribution in [2.75, 3.05) is 19.6 Å². The van der Waals surface area contributed by atoms with Crippen LogP contribution in [-0.2, 0) is 0 Å². The highest BCUT2D eigenvalue weighted by atomic mass is 16.3. The fourth-order valence-corrected chi connectivity index (χ4v) is 5.84. The van der Waals surface area contributed by atoms with Gasteiger partial charge in [-0.1, -0.05) is 128 Å². The molecular formula is C36H55NO. The van der Waals surface area contributed by atoms with E-state index in [1.165, 1.54) is 110 Å². The van der Waals surface area contributed by atoms with Crippen LogP contribution in [0.2, 0.25) is 0 Å². The van der Waals surface area contributed by atoms with Crippen LogP contribution < -0.4 is 0 Å². The van der Waals surface area contributed by atoms with Gasteiger partial charge in [0.1, 0.15) is 0 Å². The summed E-state index contributed by atoms with van der Waals surface area (Å²) in [6.07, 6.45) is 15.4. The Bertz CT molecular complexity index is 1090. The van der Waals surface area contributed by atoms with Gasteiger partial charge < -0.3 is 10.0 Å². The molecule has 0 spiro atoms. The fraction of sp³-hybridized carbons (Fsp3) is 0.611. The van der Waals surface area contributed by atoms with Crippen molar-refractivity contribution in [2.45, 2.75) is 124 Å². The first-order valence-corrected chi connectivity index (χ1v) is 15.8. The van der Waals surface area contributed by atoms with Crippen molar-refractivity contribution in [3.63, 3.8) is 0 Å². The molecule has 2 heteroatoms. The molecule has 0 heterocycles. The van der Waals surface area contributed by atoms with Crippen molar-refractivity contribution < 1.29 is 5.11 Å². The van der Waals surface area contributed by atoms with Gasteiger partial charge >= 0.3 is 0 Å². The normalized spacial score (nSPS) is 12.8. The summed E-state index contributed by atoms with van der Waals surface area (Å²) in [7, 11) is 0. The number of aliphatic hydroxyl groups excluding tert-OH is 1. The molecule has 0 fully saturated rings. The molecule has 0 amide bonds. The maximum atomic E-state index is 11.5. The van der Waals surface area contributed by atoms with Gasteiger partial charge in [0.05, 0.1) is 6.10 Å². The summed E-state index contributed by atoms with van der Waals surface area (Å²) in [4.78, 5) is 2.54. The molecule has 210 valence electrons. The van der Waals surface area contributed by atoms with Gasteiger partial charge in [-0.05, 0) is 83.1 Å². The molecule has 0 saturated heterocycles. The van der Waals surface area contributed by atoms with Crippen molar-refractivity contribution in [2.24, 2.45) is 0 Å². The van der Waals surface area contributed by atoms with E-state index in [0.29, 0.717) is 5.92 Å². The van der Waals surface area contributed by atoms with E-state index in [-0.39, 0.29) is 0 Å². The van der Waals surface area contributed by atoms with E-state index in [9.17, 15) is 5.11 Å². The van der Waals surface area contributed by atoms with E-state index < -0.39 is 6.10 Å². The first-order valence-electron chi connectivity index (χ1n) is 15.8. The van der Waals surface area contributed by atoms with E-state index in [4.69, 9.17) is 0 Å². The zero-order valence-corrected chi connectivity index (χ0v) is 25.2. The maximum absolute atomic E-state index is 11.5. The summed E-state index contributed by atoms with van der Waals surface area (Å²) in [5.41, 5.74) is 3.70. The third-order valence-corrected chi connectivity index (χ3v) is 8.34. The molecule has 3 aromatic rings. The van der Waals surface area contributed by atoms with E-state index in [1.807, 2.05) is 0 Å². The molecule has 0 unspecified atom stereocenters. The number of rotatable bonds is 18. The van der Waals surface area contributed by atoms with Crippen molar-refractivity contribution in [3.8, 4) is 0 Å². The number of aryl methyl sites for hydroxylation is 1. The number of unbranched alkanes of at least 4 members (excludes halogenated alkanes) is 10. The second-order valence-electron chi connectivity index (χ2n) is 12.0. The average molecular weight is 518 g/mol. The zero-order valence-electron chi connectivity index (χ0n) is 25.2. The van der Waals surface area contributed by atoms with Crippen molar-refractivity contribution in [1.29, 1.82) is 0 Å². The van der Waals surface area contributed by atoms with Crippen LogP contribution in [0.4, 0.5) is 0 Å². The fourth-order valence-electron chi connectivity index (χ4n) is 5.84. The van der Waals surface area contributed by atoms with Crippen LogP contribution in [0.5, 0.6) is 0 Å². The third kappa shape index (κ3) is 9.09. The van der Waals surface area contributed by atoms with Crippen LogP contribution in [0.15, 0.2) is 42.5 Å². The van der Waals surface area contributed by atoms with Crippen LogP contribution in [0, 0.1) is 6.92 Å². The minimum Gasteiger partial charge on any atom is -0.387 e. The van der Waals surface area contributed by atoms with Crippen LogP contribution in [0.1, 0.15) is 133 Å². The Balaban J connectivity index is 1.73. The quantitative estimate of drug-likeness (QED) is 0.134. The molecule has 1 N–H and O–H groups in total. The van der Waals surface area contributed by atoms with E-state index in [0.717, 1.165) is 25.2 Å². The first kappa shape index (κ1) is 30.6. The SMILES string of the molecule is CCCCCCCCN(CCCCCCCC)C[C@H](O)c1cc(C)c2ccc3cc(C(C)C)ccc3c2c1. The zero-order chi connectivity index (χ0) is 27.3. The second-order valence-corrected chi connectivity index (χ2v) is 12.0. The smallest absolute Gasteiger partial charge is 0.0917 e. The van der Waals surface area contributed by atoms with Gasteiger partial charge in [-0.25, -0.2) is 0 Å². The Morgan fingerprint density at radius 3 is 1.82 bits per heavy atom. The summed E-state index contributed by atoms with van der Waals surface area (Å²) >= 11 is 0. The summed E-state index contributed by atoms with van der Waals surface area (Å²) in [6.45, 7) is 14.2. The monoisotopic (exact) mass is 517 g/mol. The Kier molecular flexibility index (Phi) is 13.1. The molecule has 3 aromatic carbocycles. The Hall–Kier alpha value is -1.90. The van der Waals surface area contributed by atoms with Gasteiger partial charge in [0, 0.05) is 6.54 Å². The molecule has 0 aromatic heterocycles. The van der Waals surface area contributed by atoms with Crippen molar-refractivity contribution in [3.05, 3.63) is 59.2 Å². The molecule has 2 nitrogen and oxygen atoms in total. The Morgan fingerprint density at radius 1 is 0.632 bits per heavy atom. The lowest BCUT2D eigenvalue weighted by Gasteiger charge is -2.26. The van der Waals surface area contributed by atoms with E-state index in [2.05, 4.69) is 82.0 Å². The van der Waals surface area contributed by atoms with Crippen LogP contribution in [-0.4, -0.2) is 29.6 Å². The molecule has 0 aliphatic carbocycles. The van der Waals surface area contributed by atoms with Gasteiger partial charge in [-0.15, -0.1) is 0 Å². The number of hydrogen-bond acceptors (Lipinski definition) is 2. The highest BCUT2D eigenvalue weighted by Gasteiger charge is 2.16. The minimum atomic E-state index is -0.455. The lowest BCUT2D eigenvalue weighted by Crippen LogP contribution is -2.31. The topological polar surface area (TPSA) is 23.5 Å². The number of nitrogens with zero attached hydrogens (tertiary/aromatic N) is 1. The standard InChI is InChI=1S/C36H55NO/c1-6-8-10-12-14-16-22-37(23-17-15-13-11-9-7-2)27-36(38)32-24-29(5)33-20-19-31-25-30(28(3)4)18-21-34(31)35(33)26-32/h18-21,24-26,28,36,38H,6-17,22-23,27H2,1-5H3/t36-/m0/s1. The predicted octanol–water partition coefficient (Wildman–Crippen LogP) is 10.5. The van der Waals surface area contributed by atoms with Crippen LogP contribution >= 0.6 is 0 Å². The van der Waals surface area contributed by atoms with Gasteiger partial charge in [-0.2, -0.15) is 0 Å². The molecule has 0 aliphatic heterocycles. The van der Waals surface area contributed by atoms with E-state index in [1.54, 1.807) is 0 Å². The third-order valence-electron chi connectivity index (χ3n) is 8.34. The Labute approximate surface area is 233 Å². The molecule has 0 saturated carbocycles. The number of aliphatic hydroxyl groups is 1. The first-order chi connectivity index (χ1) is 18.4. The number of benzene rings is 3. The molecule has 38 heavy (non-hydrogen) atoms. The molecule has 0 radical (unpaired) electrons. The molecule has 1 atom stereocenters. The lowest BCUT2D eigenvalue weighted by molar-refractivity contribution is 0.110. The molecular weight excluding hydrogens is 462 g/mol. The van der Waals surface area contributed by atoms with Crippen molar-refractivity contribution in [1.82, 2.24) is 4.90 Å². The molecule has 3 rings (SSSR count). The predicted molar refractivity (Wildman–Crippen MR) is 168 cm³/mol. The molecule has 0 bridgehead atoms. The summed E-state index contributed by atoms with van der Waals surface area (Å²) < 4.78 is 0. The van der Waals surface area contributed by atoms with E-state index >= 15 is 0 Å². The average Bonchev–Trinajstić information content (AvgIpc) is 2.91. The highest BCUT2D eigenvalue weighted by molar-refractivity contribution is 6.08. The van der Waals surface area contributed by atoms with Crippen LogP contribution in [0.3, 0.4) is 0 Å². The summed E-state index contributed by atoms with van der Waals surface area (Å²) in [5.74, 6) is 0.522. The number of fused-ring (bicyclic) bond motifs is 3. The largest absolute Gasteiger partial charge is 0.387 e. The van der Waals surface area contributed by atoms with Gasteiger partial charge in [-0.3, -0.25) is 0 Å². The summed E-state index contributed by atoms with van der Waals surface area (Å²) in [5, 5.41) is 16.6. The number of hydrogen-bond donors (Lipinski definition) is 1. The van der Waals surface area contributed by atoms with Gasteiger partial charge in [0.15, 0.2) is 0 Å². The Morgan fingerprint density at radius 2 is 1.21 bits per heavy atom. The minimum absolute atomic E-state index is 0.455. The van der Waals surface area contributed by atoms with Gasteiger partial charge in [0.25, 0.3) is 0 Å². The lowest BCUT2D eigenvalue weighted by atomic mass is 9.92. The summed E-state index contributed by atoms with van der Waals surface area (Å²) in [6, 6.07) is 15.9. The van der Waals surface area contributed by atoms with Crippen LogP contribution in [0.25, 0.3) is 21.5 Å². The highest BCUT2D eigenvalue weighted by Crippen LogP contribution is 2.32.